The summed E-state index contributed by atoms with van der Waals surface area (Å²) in [4.78, 5) is 5.25. The second-order valence-corrected chi connectivity index (χ2v) is 20.0. The van der Waals surface area contributed by atoms with Crippen molar-refractivity contribution < 1.29 is 13.2 Å². The van der Waals surface area contributed by atoms with Crippen molar-refractivity contribution in [1.29, 1.82) is 0 Å². The van der Waals surface area contributed by atoms with E-state index in [4.69, 9.17) is 4.98 Å². The van der Waals surface area contributed by atoms with Gasteiger partial charge in [0.05, 0.1) is 44.8 Å². The maximum Gasteiger partial charge on any atom is 0.420 e. The molecule has 10 aromatic carbocycles. The predicted molar refractivity (Wildman–Crippen MR) is 309 cm³/mol. The molecule has 0 N–H and O–H groups in total. The lowest BCUT2D eigenvalue weighted by Gasteiger charge is -2.23. The number of aryl methyl sites for hydroxylation is 4. The summed E-state index contributed by atoms with van der Waals surface area (Å²) in [5, 5.41) is 3.37. The number of rotatable bonds is 8. The largest absolute Gasteiger partial charge is 0.420 e. The molecular weight excluding hydrogens is 940 g/mol. The van der Waals surface area contributed by atoms with E-state index in [2.05, 4.69) is 149 Å². The molecule has 0 unspecified atom stereocenters. The van der Waals surface area contributed by atoms with Crippen molar-refractivity contribution in [2.45, 2.75) is 33.9 Å². The Morgan fingerprint density at radius 1 is 0.303 bits per heavy atom. The van der Waals surface area contributed by atoms with E-state index in [0.717, 1.165) is 93.9 Å². The minimum Gasteiger partial charge on any atom is -0.308 e. The molecule has 0 aliphatic carbocycles. The Bertz CT molecular complexity index is 4000. The summed E-state index contributed by atoms with van der Waals surface area (Å²) in [5.74, 6) is 0. The molecule has 13 rings (SSSR count). The maximum atomic E-state index is 17.5. The minimum absolute atomic E-state index is 0.00380. The Morgan fingerprint density at radius 2 is 0.618 bits per heavy atom. The van der Waals surface area contributed by atoms with E-state index in [9.17, 15) is 0 Å². The molecule has 0 atom stereocenters. The van der Waals surface area contributed by atoms with E-state index in [0.29, 0.717) is 39.0 Å². The molecule has 3 aromatic heterocycles. The summed E-state index contributed by atoms with van der Waals surface area (Å²) >= 11 is 0. The molecule has 0 spiro atoms. The van der Waals surface area contributed by atoms with Crippen LogP contribution in [-0.4, -0.2) is 14.1 Å². The molecule has 0 bridgehead atoms. The van der Waals surface area contributed by atoms with Gasteiger partial charge >= 0.3 is 6.18 Å². The number of hydrogen-bond donors (Lipinski definition) is 0. The van der Waals surface area contributed by atoms with E-state index in [-0.39, 0.29) is 11.4 Å². The third-order valence-corrected chi connectivity index (χ3v) is 15.3. The van der Waals surface area contributed by atoms with Crippen molar-refractivity contribution in [3.05, 3.63) is 258 Å². The summed E-state index contributed by atoms with van der Waals surface area (Å²) in [6.45, 7) is 8.27. The Kier molecular flexibility index (Phi) is 11.2. The first-order valence-electron chi connectivity index (χ1n) is 25.7. The Labute approximate surface area is 439 Å². The predicted octanol–water partition coefficient (Wildman–Crippen LogP) is 19.5. The first kappa shape index (κ1) is 46.5. The normalized spacial score (nSPS) is 11.9. The van der Waals surface area contributed by atoms with Crippen LogP contribution in [0.3, 0.4) is 0 Å². The Hall–Kier alpha value is -9.26. The highest BCUT2D eigenvalue weighted by Crippen LogP contribution is 2.48. The van der Waals surface area contributed by atoms with Crippen molar-refractivity contribution in [3.8, 4) is 78.4 Å². The Morgan fingerprint density at radius 3 is 0.947 bits per heavy atom. The second kappa shape index (κ2) is 18.3. The van der Waals surface area contributed by atoms with Gasteiger partial charge in [-0.3, -0.25) is 0 Å². The van der Waals surface area contributed by atoms with Crippen molar-refractivity contribution in [1.82, 2.24) is 14.1 Å². The topological polar surface area (TPSA) is 22.8 Å². The van der Waals surface area contributed by atoms with Crippen LogP contribution in [0, 0.1) is 27.7 Å². The van der Waals surface area contributed by atoms with E-state index in [1.807, 2.05) is 106 Å². The summed E-state index contributed by atoms with van der Waals surface area (Å²) in [6, 6.07) is 76.6. The van der Waals surface area contributed by atoms with Crippen LogP contribution in [0.1, 0.15) is 27.8 Å². The van der Waals surface area contributed by atoms with E-state index < -0.39 is 11.7 Å². The van der Waals surface area contributed by atoms with Crippen LogP contribution < -0.4 is 0 Å². The van der Waals surface area contributed by atoms with Gasteiger partial charge in [0.2, 0.25) is 0 Å². The molecule has 6 heteroatoms. The standard InChI is InChI=1S/C70H50F3N3/c1-43-17-8-12-23-53(43)48-29-33-57-58-34-30-49(54-24-13-9-18-44(54)2)38-64(58)75(63(57)37-48)67-41-52(62-28-16-27-61(74-62)47-21-6-5-7-22-47)42-68(69(67)70(71,72)73)76-65-39-50(55-25-14-10-19-45(55)3)31-35-59(65)60-36-32-51(40-66(60)76)56-26-15-11-20-46(56)4/h5-42H,1-4H3. The first-order valence-corrected chi connectivity index (χ1v) is 25.7. The highest BCUT2D eigenvalue weighted by atomic mass is 19.4. The molecule has 76 heavy (non-hydrogen) atoms. The number of nitrogens with zero attached hydrogens (tertiary/aromatic N) is 3. The molecule has 366 valence electrons. The summed E-state index contributed by atoms with van der Waals surface area (Å²) in [7, 11) is 0. The molecular formula is C70H50F3N3. The molecule has 13 aromatic rings. The summed E-state index contributed by atoms with van der Waals surface area (Å²) < 4.78 is 56.1. The monoisotopic (exact) mass is 989 g/mol. The van der Waals surface area contributed by atoms with Gasteiger partial charge in [-0.1, -0.05) is 182 Å². The summed E-state index contributed by atoms with van der Waals surface area (Å²) in [5.41, 5.74) is 16.5. The van der Waals surface area contributed by atoms with Gasteiger partial charge in [-0.15, -0.1) is 0 Å². The van der Waals surface area contributed by atoms with Crippen LogP contribution in [0.4, 0.5) is 13.2 Å². The molecule has 0 aliphatic rings. The van der Waals surface area contributed by atoms with Gasteiger partial charge < -0.3 is 9.13 Å². The minimum atomic E-state index is -4.88. The van der Waals surface area contributed by atoms with Crippen LogP contribution >= 0.6 is 0 Å². The quantitative estimate of drug-likeness (QED) is 0.149. The van der Waals surface area contributed by atoms with Crippen LogP contribution in [0.2, 0.25) is 0 Å². The van der Waals surface area contributed by atoms with Gasteiger partial charge in [-0.2, -0.15) is 13.2 Å². The van der Waals surface area contributed by atoms with Crippen LogP contribution in [0.5, 0.6) is 0 Å². The maximum absolute atomic E-state index is 17.5. The van der Waals surface area contributed by atoms with Gasteiger partial charge in [0.15, 0.2) is 0 Å². The highest BCUT2D eigenvalue weighted by molar-refractivity contribution is 6.13. The molecule has 0 radical (unpaired) electrons. The number of alkyl halides is 3. The molecule has 0 saturated carbocycles. The zero-order chi connectivity index (χ0) is 51.8. The van der Waals surface area contributed by atoms with Gasteiger partial charge in [0.1, 0.15) is 5.56 Å². The van der Waals surface area contributed by atoms with Crippen LogP contribution in [0.25, 0.3) is 122 Å². The number of fused-ring (bicyclic) bond motifs is 6. The zero-order valence-corrected chi connectivity index (χ0v) is 42.4. The number of benzene rings is 10. The first-order chi connectivity index (χ1) is 37.0. The van der Waals surface area contributed by atoms with Gasteiger partial charge in [0.25, 0.3) is 0 Å². The molecule has 0 saturated heterocycles. The highest BCUT2D eigenvalue weighted by Gasteiger charge is 2.40. The van der Waals surface area contributed by atoms with Crippen LogP contribution in [0.15, 0.2) is 231 Å². The van der Waals surface area contributed by atoms with E-state index >= 15 is 13.2 Å². The van der Waals surface area contributed by atoms with Gasteiger partial charge in [-0.05, 0) is 143 Å². The number of halogens is 3. The lowest BCUT2D eigenvalue weighted by Crippen LogP contribution is -2.16. The molecule has 0 fully saturated rings. The molecule has 3 nitrogen and oxygen atoms in total. The van der Waals surface area contributed by atoms with Gasteiger partial charge in [-0.25, -0.2) is 4.98 Å². The lowest BCUT2D eigenvalue weighted by atomic mass is 9.98. The molecule has 0 aliphatic heterocycles. The second-order valence-electron chi connectivity index (χ2n) is 20.0. The van der Waals surface area contributed by atoms with Crippen molar-refractivity contribution >= 4 is 43.6 Å². The van der Waals surface area contributed by atoms with Crippen molar-refractivity contribution in [2.24, 2.45) is 0 Å². The SMILES string of the molecule is Cc1ccccc1-c1ccc2c3ccc(-c4ccccc4C)cc3n(-c3cc(-c4cccc(-c5ccccc5)n4)cc(-n4c5cc(-c6ccccc6C)ccc5c5ccc(-c6ccccc6C)cc54)c3C(F)(F)F)c2c1. The average molecular weight is 990 g/mol. The fourth-order valence-corrected chi connectivity index (χ4v) is 11.6. The van der Waals surface area contributed by atoms with Crippen molar-refractivity contribution in [2.75, 3.05) is 0 Å². The fraction of sp³-hybridized carbons (Fsp3) is 0.0714. The number of hydrogen-bond acceptors (Lipinski definition) is 1. The number of aromatic nitrogens is 3. The number of pyridine rings is 1. The Balaban J connectivity index is 1.21. The zero-order valence-electron chi connectivity index (χ0n) is 42.4. The van der Waals surface area contributed by atoms with Crippen molar-refractivity contribution in [3.63, 3.8) is 0 Å². The molecule has 3 heterocycles. The van der Waals surface area contributed by atoms with Gasteiger partial charge in [0, 0.05) is 32.7 Å². The van der Waals surface area contributed by atoms with E-state index in [1.165, 1.54) is 0 Å². The average Bonchev–Trinajstić information content (AvgIpc) is 4.03. The van der Waals surface area contributed by atoms with Crippen LogP contribution in [-0.2, 0) is 6.18 Å². The van der Waals surface area contributed by atoms with E-state index in [1.54, 1.807) is 12.1 Å². The fourth-order valence-electron chi connectivity index (χ4n) is 11.6. The summed E-state index contributed by atoms with van der Waals surface area (Å²) in [6.07, 6.45) is -4.88. The third-order valence-electron chi connectivity index (χ3n) is 15.3. The lowest BCUT2D eigenvalue weighted by molar-refractivity contribution is -0.137. The smallest absolute Gasteiger partial charge is 0.308 e. The molecule has 0 amide bonds. The third kappa shape index (κ3) is 7.88.